The van der Waals surface area contributed by atoms with Gasteiger partial charge in [-0.1, -0.05) is 52.8 Å². The predicted octanol–water partition coefficient (Wildman–Crippen LogP) is 5.20. The average molecular weight is 486 g/mol. The van der Waals surface area contributed by atoms with E-state index in [2.05, 4.69) is 31.4 Å². The summed E-state index contributed by atoms with van der Waals surface area (Å²) in [6.45, 7) is 4.09. The minimum absolute atomic E-state index is 0.0353. The lowest BCUT2D eigenvalue weighted by molar-refractivity contribution is -0.384. The van der Waals surface area contributed by atoms with E-state index in [1.165, 1.54) is 23.9 Å². The molecule has 0 saturated carbocycles. The lowest BCUT2D eigenvalue weighted by Crippen LogP contribution is -2.03. The van der Waals surface area contributed by atoms with Crippen molar-refractivity contribution in [1.29, 1.82) is 0 Å². The van der Waals surface area contributed by atoms with Gasteiger partial charge in [0.25, 0.3) is 5.69 Å². The van der Waals surface area contributed by atoms with Gasteiger partial charge in [0.05, 0.1) is 16.4 Å². The number of pyridine rings is 1. The Kier molecular flexibility index (Phi) is 6.06. The van der Waals surface area contributed by atoms with Crippen molar-refractivity contribution in [3.63, 3.8) is 0 Å². The summed E-state index contributed by atoms with van der Waals surface area (Å²) >= 11 is 1.40. The van der Waals surface area contributed by atoms with E-state index in [0.717, 1.165) is 16.8 Å². The van der Waals surface area contributed by atoms with Crippen molar-refractivity contribution in [2.75, 3.05) is 0 Å². The van der Waals surface area contributed by atoms with Crippen LogP contribution in [-0.4, -0.2) is 34.8 Å². The third-order valence-corrected chi connectivity index (χ3v) is 6.14. The fraction of sp³-hybridized carbons (Fsp3) is 0.125. The van der Waals surface area contributed by atoms with Crippen molar-refractivity contribution in [1.82, 2.24) is 29.9 Å². The highest BCUT2D eigenvalue weighted by atomic mass is 32.2. The highest BCUT2D eigenvalue weighted by molar-refractivity contribution is 7.98. The van der Waals surface area contributed by atoms with Crippen LogP contribution in [0.4, 0.5) is 5.69 Å². The summed E-state index contributed by atoms with van der Waals surface area (Å²) in [7, 11) is 0. The summed E-state index contributed by atoms with van der Waals surface area (Å²) in [6, 6.07) is 18.0. The molecule has 0 aliphatic rings. The maximum absolute atomic E-state index is 11.1. The zero-order valence-electron chi connectivity index (χ0n) is 18.8. The molecule has 0 unspecified atom stereocenters. The van der Waals surface area contributed by atoms with Gasteiger partial charge in [-0.3, -0.25) is 19.7 Å². The number of non-ortho nitro benzene ring substituents is 1. The average Bonchev–Trinajstić information content (AvgIpc) is 3.51. The smallest absolute Gasteiger partial charge is 0.270 e. The lowest BCUT2D eigenvalue weighted by atomic mass is 10.1. The molecule has 11 heteroatoms. The van der Waals surface area contributed by atoms with E-state index in [4.69, 9.17) is 4.52 Å². The lowest BCUT2D eigenvalue weighted by Gasteiger charge is -2.13. The second-order valence-corrected chi connectivity index (χ2v) is 8.70. The number of thioether (sulfide) groups is 1. The van der Waals surface area contributed by atoms with Crippen LogP contribution >= 0.6 is 11.8 Å². The van der Waals surface area contributed by atoms with Crippen LogP contribution in [0.1, 0.15) is 17.0 Å². The van der Waals surface area contributed by atoms with Crippen LogP contribution in [0.5, 0.6) is 0 Å². The molecule has 0 spiro atoms. The van der Waals surface area contributed by atoms with Gasteiger partial charge in [0.2, 0.25) is 11.7 Å². The number of rotatable bonds is 7. The molecule has 0 aliphatic carbocycles. The van der Waals surface area contributed by atoms with Gasteiger partial charge in [-0.2, -0.15) is 4.98 Å². The highest BCUT2D eigenvalue weighted by Crippen LogP contribution is 2.31. The van der Waals surface area contributed by atoms with Gasteiger partial charge in [-0.15, -0.1) is 10.2 Å². The Morgan fingerprint density at radius 1 is 1.06 bits per heavy atom. The fourth-order valence-electron chi connectivity index (χ4n) is 3.61. The SMILES string of the molecule is Cc1ccc(-n2c(SCc3nc(-c4cccc([N+](=O)[O-])c4)no3)nnc2-c2ccccn2)c(C)c1. The first kappa shape index (κ1) is 22.4. The van der Waals surface area contributed by atoms with Crippen LogP contribution in [0.25, 0.3) is 28.6 Å². The molecule has 0 N–H and O–H groups in total. The summed E-state index contributed by atoms with van der Waals surface area (Å²) in [5, 5.41) is 24.5. The molecule has 0 bridgehead atoms. The Labute approximate surface area is 204 Å². The quantitative estimate of drug-likeness (QED) is 0.174. The number of hydrogen-bond acceptors (Lipinski definition) is 9. The van der Waals surface area contributed by atoms with Crippen LogP contribution in [-0.2, 0) is 5.75 Å². The van der Waals surface area contributed by atoms with Gasteiger partial charge >= 0.3 is 0 Å². The van der Waals surface area contributed by atoms with Crippen molar-refractivity contribution in [2.45, 2.75) is 24.8 Å². The highest BCUT2D eigenvalue weighted by Gasteiger charge is 2.20. The van der Waals surface area contributed by atoms with Crippen molar-refractivity contribution >= 4 is 17.4 Å². The molecule has 0 saturated heterocycles. The molecule has 0 aliphatic heterocycles. The van der Waals surface area contributed by atoms with Crippen molar-refractivity contribution in [3.05, 3.63) is 94.0 Å². The molecule has 0 atom stereocenters. The zero-order valence-corrected chi connectivity index (χ0v) is 19.6. The second-order valence-electron chi connectivity index (χ2n) is 7.75. The molecular weight excluding hydrogens is 466 g/mol. The summed E-state index contributed by atoms with van der Waals surface area (Å²) in [5.41, 5.74) is 4.37. The Bertz CT molecular complexity index is 1510. The van der Waals surface area contributed by atoms with Gasteiger partial charge in [-0.05, 0) is 37.6 Å². The molecule has 0 fully saturated rings. The van der Waals surface area contributed by atoms with E-state index in [1.54, 1.807) is 18.3 Å². The number of hydrogen-bond donors (Lipinski definition) is 0. The number of benzene rings is 2. The van der Waals surface area contributed by atoms with Gasteiger partial charge in [0, 0.05) is 23.9 Å². The van der Waals surface area contributed by atoms with Crippen molar-refractivity contribution in [3.8, 4) is 28.6 Å². The van der Waals surface area contributed by atoms with Gasteiger partial charge < -0.3 is 4.52 Å². The minimum Gasteiger partial charge on any atom is -0.338 e. The Hall–Kier alpha value is -4.38. The topological polar surface area (TPSA) is 126 Å². The summed E-state index contributed by atoms with van der Waals surface area (Å²) in [6.07, 6.45) is 1.72. The van der Waals surface area contributed by atoms with E-state index >= 15 is 0 Å². The van der Waals surface area contributed by atoms with E-state index in [-0.39, 0.29) is 11.5 Å². The molecule has 5 aromatic rings. The van der Waals surface area contributed by atoms with E-state index in [1.807, 2.05) is 48.7 Å². The van der Waals surface area contributed by atoms with E-state index in [9.17, 15) is 10.1 Å². The number of nitro groups is 1. The Morgan fingerprint density at radius 2 is 1.94 bits per heavy atom. The Morgan fingerprint density at radius 3 is 2.71 bits per heavy atom. The summed E-state index contributed by atoms with van der Waals surface area (Å²) in [4.78, 5) is 19.5. The van der Waals surface area contributed by atoms with Crippen molar-refractivity contribution in [2.24, 2.45) is 0 Å². The molecular formula is C24H19N7O3S. The van der Waals surface area contributed by atoms with E-state index < -0.39 is 4.92 Å². The number of aromatic nitrogens is 6. The molecule has 0 amide bonds. The first-order chi connectivity index (χ1) is 17.0. The van der Waals surface area contributed by atoms with Gasteiger partial charge in [0.15, 0.2) is 11.0 Å². The summed E-state index contributed by atoms with van der Waals surface area (Å²) < 4.78 is 7.37. The van der Waals surface area contributed by atoms with Gasteiger partial charge in [0.1, 0.15) is 5.69 Å². The normalized spacial score (nSPS) is 11.0. The molecule has 10 nitrogen and oxygen atoms in total. The standard InChI is InChI=1S/C24H19N7O3S/c1-15-9-10-20(16(2)12-15)30-23(19-8-3-4-11-25-19)27-28-24(30)35-14-21-26-22(29-34-21)17-6-5-7-18(13-17)31(32)33/h3-13H,14H2,1-2H3. The van der Waals surface area contributed by atoms with Crippen LogP contribution in [0.3, 0.4) is 0 Å². The molecule has 3 heterocycles. The van der Waals surface area contributed by atoms with Crippen LogP contribution in [0, 0.1) is 24.0 Å². The van der Waals surface area contributed by atoms with Gasteiger partial charge in [-0.25, -0.2) is 0 Å². The molecule has 0 radical (unpaired) electrons. The first-order valence-corrected chi connectivity index (χ1v) is 11.6. The van der Waals surface area contributed by atoms with Crippen LogP contribution < -0.4 is 0 Å². The predicted molar refractivity (Wildman–Crippen MR) is 130 cm³/mol. The summed E-state index contributed by atoms with van der Waals surface area (Å²) in [5.74, 6) is 1.62. The Balaban J connectivity index is 1.45. The molecule has 174 valence electrons. The zero-order chi connectivity index (χ0) is 24.4. The van der Waals surface area contributed by atoms with Crippen LogP contribution in [0.15, 0.2) is 76.5 Å². The molecule has 5 rings (SSSR count). The van der Waals surface area contributed by atoms with Crippen LogP contribution in [0.2, 0.25) is 0 Å². The third-order valence-electron chi connectivity index (χ3n) is 5.23. The molecule has 35 heavy (non-hydrogen) atoms. The molecule has 2 aromatic carbocycles. The number of nitro benzene ring substituents is 1. The number of aryl methyl sites for hydroxylation is 2. The second kappa shape index (κ2) is 9.47. The monoisotopic (exact) mass is 485 g/mol. The largest absolute Gasteiger partial charge is 0.338 e. The maximum Gasteiger partial charge on any atom is 0.270 e. The maximum atomic E-state index is 11.1. The number of nitrogens with zero attached hydrogens (tertiary/aromatic N) is 7. The van der Waals surface area contributed by atoms with E-state index in [0.29, 0.717) is 33.9 Å². The van der Waals surface area contributed by atoms with Crippen molar-refractivity contribution < 1.29 is 9.45 Å². The molecule has 3 aromatic heterocycles. The fourth-order valence-corrected chi connectivity index (χ4v) is 4.40. The minimum atomic E-state index is -0.459. The third kappa shape index (κ3) is 4.66. The first-order valence-electron chi connectivity index (χ1n) is 10.6.